The van der Waals surface area contributed by atoms with Gasteiger partial charge < -0.3 is 5.32 Å². The molecule has 10 heteroatoms. The van der Waals surface area contributed by atoms with Crippen LogP contribution in [-0.4, -0.2) is 23.4 Å². The molecule has 1 heterocycles. The van der Waals surface area contributed by atoms with Crippen LogP contribution in [0.4, 0.5) is 16.0 Å². The molecule has 0 fully saturated rings. The van der Waals surface area contributed by atoms with E-state index in [2.05, 4.69) is 20.3 Å². The first kappa shape index (κ1) is 18.4. The summed E-state index contributed by atoms with van der Waals surface area (Å²) in [4.78, 5) is 12.3. The number of halogens is 1. The third-order valence-corrected chi connectivity index (χ3v) is 4.20. The largest absolute Gasteiger partial charge is 0.324 e. The average Bonchev–Trinajstić information content (AvgIpc) is 2.60. The van der Waals surface area contributed by atoms with Crippen LogP contribution in [0.15, 0.2) is 48.8 Å². The zero-order valence-electron chi connectivity index (χ0n) is 13.8. The van der Waals surface area contributed by atoms with Gasteiger partial charge in [0.2, 0.25) is 16.0 Å². The molecule has 0 radical (unpaired) electrons. The van der Waals surface area contributed by atoms with Crippen molar-refractivity contribution in [3.8, 4) is 17.5 Å². The predicted molar refractivity (Wildman–Crippen MR) is 96.5 cm³/mol. The standard InChI is InChI=1S/C17H13FN6O2S/c18-13-4-5-15(12(7-13)8-19)16-21-10-22-17(24-16)23-14-3-1-2-11(6-14)9-27(20,25)26/h1-7,10H,9H2,(H2,20,25,26)(H,21,22,23,24). The molecule has 0 saturated carbocycles. The number of rotatable bonds is 5. The summed E-state index contributed by atoms with van der Waals surface area (Å²) in [7, 11) is -3.65. The molecule has 8 nitrogen and oxygen atoms in total. The van der Waals surface area contributed by atoms with E-state index in [1.165, 1.54) is 18.5 Å². The second-order valence-electron chi connectivity index (χ2n) is 5.57. The van der Waals surface area contributed by atoms with E-state index >= 15 is 0 Å². The summed E-state index contributed by atoms with van der Waals surface area (Å²) in [5.74, 6) is -0.452. The summed E-state index contributed by atoms with van der Waals surface area (Å²) < 4.78 is 35.8. The van der Waals surface area contributed by atoms with E-state index in [1.54, 1.807) is 24.3 Å². The number of nitrogens with zero attached hydrogens (tertiary/aromatic N) is 4. The van der Waals surface area contributed by atoms with Crippen molar-refractivity contribution in [2.45, 2.75) is 5.75 Å². The van der Waals surface area contributed by atoms with E-state index in [0.717, 1.165) is 6.07 Å². The molecule has 3 aromatic rings. The van der Waals surface area contributed by atoms with E-state index in [1.807, 2.05) is 6.07 Å². The van der Waals surface area contributed by atoms with Crippen LogP contribution >= 0.6 is 0 Å². The summed E-state index contributed by atoms with van der Waals surface area (Å²) in [6.45, 7) is 0. The molecule has 0 saturated heterocycles. The van der Waals surface area contributed by atoms with Gasteiger partial charge in [-0.3, -0.25) is 0 Å². The molecular weight excluding hydrogens is 371 g/mol. The van der Waals surface area contributed by atoms with Crippen molar-refractivity contribution in [3.63, 3.8) is 0 Å². The summed E-state index contributed by atoms with van der Waals surface area (Å²) in [6.07, 6.45) is 1.25. The molecule has 0 spiro atoms. The van der Waals surface area contributed by atoms with Crippen molar-refractivity contribution in [3.05, 3.63) is 65.7 Å². The summed E-state index contributed by atoms with van der Waals surface area (Å²) in [5.41, 5.74) is 1.52. The first-order chi connectivity index (χ1) is 12.8. The number of benzene rings is 2. The van der Waals surface area contributed by atoms with Crippen LogP contribution < -0.4 is 10.5 Å². The molecule has 0 aliphatic heterocycles. The lowest BCUT2D eigenvalue weighted by Gasteiger charge is -2.08. The third-order valence-electron chi connectivity index (χ3n) is 3.47. The van der Waals surface area contributed by atoms with Gasteiger partial charge in [-0.1, -0.05) is 12.1 Å². The Morgan fingerprint density at radius 3 is 2.74 bits per heavy atom. The molecule has 0 atom stereocenters. The smallest absolute Gasteiger partial charge is 0.230 e. The first-order valence-electron chi connectivity index (χ1n) is 7.59. The van der Waals surface area contributed by atoms with Gasteiger partial charge in [0.15, 0.2) is 5.82 Å². The molecule has 27 heavy (non-hydrogen) atoms. The van der Waals surface area contributed by atoms with E-state index < -0.39 is 15.8 Å². The Hall–Kier alpha value is -3.42. The van der Waals surface area contributed by atoms with E-state index in [0.29, 0.717) is 16.8 Å². The Kier molecular flexibility index (Phi) is 5.07. The molecule has 3 rings (SSSR count). The van der Waals surface area contributed by atoms with Crippen molar-refractivity contribution >= 4 is 21.7 Å². The van der Waals surface area contributed by atoms with Crippen LogP contribution in [0.2, 0.25) is 0 Å². The molecular formula is C17H13FN6O2S. The number of nitriles is 1. The minimum atomic E-state index is -3.65. The maximum Gasteiger partial charge on any atom is 0.230 e. The number of nitrogens with one attached hydrogen (secondary N) is 1. The lowest BCUT2D eigenvalue weighted by atomic mass is 10.1. The first-order valence-corrected chi connectivity index (χ1v) is 9.31. The molecule has 1 aromatic heterocycles. The lowest BCUT2D eigenvalue weighted by Crippen LogP contribution is -2.14. The number of anilines is 2. The zero-order valence-corrected chi connectivity index (χ0v) is 14.6. The van der Waals surface area contributed by atoms with E-state index in [9.17, 15) is 12.8 Å². The number of primary sulfonamides is 1. The van der Waals surface area contributed by atoms with Crippen molar-refractivity contribution < 1.29 is 12.8 Å². The van der Waals surface area contributed by atoms with Crippen molar-refractivity contribution in [1.29, 1.82) is 5.26 Å². The van der Waals surface area contributed by atoms with Crippen LogP contribution in [0.3, 0.4) is 0 Å². The topological polar surface area (TPSA) is 135 Å². The van der Waals surface area contributed by atoms with Crippen molar-refractivity contribution in [2.24, 2.45) is 5.14 Å². The van der Waals surface area contributed by atoms with Gasteiger partial charge in [0.25, 0.3) is 0 Å². The number of sulfonamides is 1. The van der Waals surface area contributed by atoms with Crippen molar-refractivity contribution in [1.82, 2.24) is 15.0 Å². The molecule has 3 N–H and O–H groups in total. The van der Waals surface area contributed by atoms with Crippen molar-refractivity contribution in [2.75, 3.05) is 5.32 Å². The van der Waals surface area contributed by atoms with Gasteiger partial charge in [-0.15, -0.1) is 0 Å². The number of nitrogens with two attached hydrogens (primary N) is 1. The Labute approximate surface area is 154 Å². The fourth-order valence-electron chi connectivity index (χ4n) is 2.39. The van der Waals surface area contributed by atoms with E-state index in [4.69, 9.17) is 10.4 Å². The Morgan fingerprint density at radius 2 is 2.00 bits per heavy atom. The number of hydrogen-bond donors (Lipinski definition) is 2. The maximum absolute atomic E-state index is 13.3. The summed E-state index contributed by atoms with van der Waals surface area (Å²) in [5, 5.41) is 17.2. The lowest BCUT2D eigenvalue weighted by molar-refractivity contribution is 0.597. The highest BCUT2D eigenvalue weighted by molar-refractivity contribution is 7.88. The summed E-state index contributed by atoms with van der Waals surface area (Å²) in [6, 6.07) is 12.2. The van der Waals surface area contributed by atoms with Gasteiger partial charge >= 0.3 is 0 Å². The SMILES string of the molecule is N#Cc1cc(F)ccc1-c1ncnc(Nc2cccc(CS(N)(=O)=O)c2)n1. The highest BCUT2D eigenvalue weighted by Gasteiger charge is 2.11. The van der Waals surface area contributed by atoms with Gasteiger partial charge in [-0.25, -0.2) is 27.9 Å². The monoisotopic (exact) mass is 384 g/mol. The quantitative estimate of drug-likeness (QED) is 0.687. The molecule has 136 valence electrons. The normalized spacial score (nSPS) is 11.0. The van der Waals surface area contributed by atoms with Crippen LogP contribution in [0, 0.1) is 17.1 Å². The molecule has 0 aliphatic carbocycles. The Bertz CT molecular complexity index is 1140. The molecule has 0 bridgehead atoms. The van der Waals surface area contributed by atoms with Gasteiger partial charge in [0.1, 0.15) is 12.1 Å². The fourth-order valence-corrected chi connectivity index (χ4v) is 3.03. The Morgan fingerprint density at radius 1 is 1.19 bits per heavy atom. The predicted octanol–water partition coefficient (Wildman–Crippen LogP) is 2.08. The minimum Gasteiger partial charge on any atom is -0.324 e. The highest BCUT2D eigenvalue weighted by Crippen LogP contribution is 2.22. The second kappa shape index (κ2) is 7.45. The fraction of sp³-hybridized carbons (Fsp3) is 0.0588. The highest BCUT2D eigenvalue weighted by atomic mass is 32.2. The molecule has 2 aromatic carbocycles. The van der Waals surface area contributed by atoms with Gasteiger partial charge in [0.05, 0.1) is 17.4 Å². The minimum absolute atomic E-state index is 0.0994. The summed E-state index contributed by atoms with van der Waals surface area (Å²) >= 11 is 0. The number of aromatic nitrogens is 3. The molecule has 0 unspecified atom stereocenters. The Balaban J connectivity index is 1.89. The van der Waals surface area contributed by atoms with Crippen LogP contribution in [0.5, 0.6) is 0 Å². The van der Waals surface area contributed by atoms with Gasteiger partial charge in [-0.2, -0.15) is 10.2 Å². The molecule has 0 aliphatic rings. The third kappa shape index (κ3) is 4.81. The van der Waals surface area contributed by atoms with Crippen LogP contribution in [0.25, 0.3) is 11.4 Å². The zero-order chi connectivity index (χ0) is 19.4. The second-order valence-corrected chi connectivity index (χ2v) is 7.18. The van der Waals surface area contributed by atoms with Crippen LogP contribution in [0.1, 0.15) is 11.1 Å². The van der Waals surface area contributed by atoms with Gasteiger partial charge in [-0.05, 0) is 35.9 Å². The van der Waals surface area contributed by atoms with Gasteiger partial charge in [0, 0.05) is 11.3 Å². The number of hydrogen-bond acceptors (Lipinski definition) is 7. The van der Waals surface area contributed by atoms with E-state index in [-0.39, 0.29) is 23.1 Å². The van der Waals surface area contributed by atoms with Crippen LogP contribution in [-0.2, 0) is 15.8 Å². The maximum atomic E-state index is 13.3. The molecule has 0 amide bonds. The average molecular weight is 384 g/mol.